The lowest BCUT2D eigenvalue weighted by atomic mass is 9.95. The molecule has 0 amide bonds. The molecule has 1 atom stereocenters. The Balaban J connectivity index is 1.65. The normalized spacial score (nSPS) is 16.8. The van der Waals surface area contributed by atoms with Crippen molar-refractivity contribution in [3.05, 3.63) is 88.5 Å². The average Bonchev–Trinajstić information content (AvgIpc) is 2.86. The number of halogens is 1. The van der Waals surface area contributed by atoms with Gasteiger partial charge in [-0.25, -0.2) is 0 Å². The highest BCUT2D eigenvalue weighted by Crippen LogP contribution is 2.35. The van der Waals surface area contributed by atoms with Crippen LogP contribution in [-0.4, -0.2) is 35.7 Å². The molecule has 0 aliphatic carbocycles. The Morgan fingerprint density at radius 1 is 1.11 bits per heavy atom. The van der Waals surface area contributed by atoms with E-state index in [1.54, 1.807) is 7.11 Å². The second-order valence-electron chi connectivity index (χ2n) is 9.18. The number of methoxy groups -OCH3 is 1. The van der Waals surface area contributed by atoms with E-state index in [1.165, 1.54) is 16.7 Å². The summed E-state index contributed by atoms with van der Waals surface area (Å²) in [6.07, 6.45) is 4.83. The van der Waals surface area contributed by atoms with Crippen LogP contribution in [0.4, 0.5) is 0 Å². The number of likely N-dealkylation sites (tertiary alicyclic amines) is 1. The molecule has 0 spiro atoms. The number of ether oxygens (including phenoxy) is 1. The highest BCUT2D eigenvalue weighted by molar-refractivity contribution is 9.15. The van der Waals surface area contributed by atoms with Gasteiger partial charge < -0.3 is 9.84 Å². The van der Waals surface area contributed by atoms with Gasteiger partial charge in [0.1, 0.15) is 11.8 Å². The van der Waals surface area contributed by atoms with E-state index in [0.29, 0.717) is 13.0 Å². The number of piperidine rings is 1. The number of carboxylic acid groups (broad SMARTS) is 1. The number of hydrogen-bond donors (Lipinski definition) is 1. The van der Waals surface area contributed by atoms with Crippen molar-refractivity contribution in [1.82, 2.24) is 4.90 Å². The summed E-state index contributed by atoms with van der Waals surface area (Å²) in [4.78, 5) is 13.8. The SMILES string of the molecule is COc1cc(/C=C(\Br)c2cccc(-c3ccccc3)c2C)c(C)cc1CN1CCCCC1C(=O)O. The first-order chi connectivity index (χ1) is 16.9. The molecule has 1 heterocycles. The lowest BCUT2D eigenvalue weighted by Gasteiger charge is -2.33. The fourth-order valence-electron chi connectivity index (χ4n) is 4.95. The summed E-state index contributed by atoms with van der Waals surface area (Å²) in [6.45, 7) is 5.61. The van der Waals surface area contributed by atoms with Crippen LogP contribution in [0.1, 0.15) is 47.1 Å². The van der Waals surface area contributed by atoms with E-state index in [0.717, 1.165) is 51.9 Å². The van der Waals surface area contributed by atoms with Crippen LogP contribution < -0.4 is 4.74 Å². The maximum absolute atomic E-state index is 11.7. The van der Waals surface area contributed by atoms with Gasteiger partial charge in [-0.3, -0.25) is 9.69 Å². The second-order valence-corrected chi connectivity index (χ2v) is 10.0. The third kappa shape index (κ3) is 5.68. The van der Waals surface area contributed by atoms with Crippen LogP contribution in [-0.2, 0) is 11.3 Å². The van der Waals surface area contributed by atoms with E-state index in [2.05, 4.69) is 95.4 Å². The van der Waals surface area contributed by atoms with Gasteiger partial charge in [-0.1, -0.05) is 76.9 Å². The molecule has 0 aromatic heterocycles. The minimum Gasteiger partial charge on any atom is -0.496 e. The zero-order valence-electron chi connectivity index (χ0n) is 20.6. The predicted molar refractivity (Wildman–Crippen MR) is 147 cm³/mol. The molecule has 1 N–H and O–H groups in total. The third-order valence-electron chi connectivity index (χ3n) is 6.90. The van der Waals surface area contributed by atoms with Crippen molar-refractivity contribution in [3.8, 4) is 16.9 Å². The van der Waals surface area contributed by atoms with Crippen LogP contribution in [0.25, 0.3) is 21.7 Å². The van der Waals surface area contributed by atoms with Crippen LogP contribution in [0.5, 0.6) is 5.75 Å². The van der Waals surface area contributed by atoms with Crippen LogP contribution in [0.2, 0.25) is 0 Å². The van der Waals surface area contributed by atoms with Gasteiger partial charge in [-0.05, 0) is 78.8 Å². The fraction of sp³-hybridized carbons (Fsp3) is 0.300. The van der Waals surface area contributed by atoms with Crippen LogP contribution in [0, 0.1) is 13.8 Å². The van der Waals surface area contributed by atoms with Gasteiger partial charge in [-0.15, -0.1) is 0 Å². The van der Waals surface area contributed by atoms with E-state index in [4.69, 9.17) is 4.74 Å². The molecule has 3 aromatic rings. The lowest BCUT2D eigenvalue weighted by Crippen LogP contribution is -2.44. The molecule has 1 fully saturated rings. The molecular formula is C30H32BrNO3. The molecule has 182 valence electrons. The minimum atomic E-state index is -0.739. The number of aryl methyl sites for hydroxylation is 1. The van der Waals surface area contributed by atoms with E-state index < -0.39 is 12.0 Å². The highest BCUT2D eigenvalue weighted by Gasteiger charge is 2.29. The van der Waals surface area contributed by atoms with Gasteiger partial charge >= 0.3 is 5.97 Å². The quantitative estimate of drug-likeness (QED) is 0.323. The summed E-state index contributed by atoms with van der Waals surface area (Å²) >= 11 is 3.83. The molecule has 0 saturated carbocycles. The zero-order valence-corrected chi connectivity index (χ0v) is 22.1. The number of carbonyl (C=O) groups is 1. The van der Waals surface area contributed by atoms with Crippen molar-refractivity contribution in [2.75, 3.05) is 13.7 Å². The number of rotatable bonds is 7. The second kappa shape index (κ2) is 11.2. The molecular weight excluding hydrogens is 502 g/mol. The largest absolute Gasteiger partial charge is 0.496 e. The Morgan fingerprint density at radius 3 is 2.60 bits per heavy atom. The Labute approximate surface area is 216 Å². The van der Waals surface area contributed by atoms with Crippen molar-refractivity contribution in [2.24, 2.45) is 0 Å². The molecule has 0 radical (unpaired) electrons. The number of hydrogen-bond acceptors (Lipinski definition) is 3. The highest BCUT2D eigenvalue weighted by atomic mass is 79.9. The van der Waals surface area contributed by atoms with Crippen LogP contribution >= 0.6 is 15.9 Å². The van der Waals surface area contributed by atoms with Crippen LogP contribution in [0.3, 0.4) is 0 Å². The first-order valence-electron chi connectivity index (χ1n) is 12.1. The Bertz CT molecular complexity index is 1240. The van der Waals surface area contributed by atoms with E-state index in [1.807, 2.05) is 6.07 Å². The van der Waals surface area contributed by atoms with Gasteiger partial charge in [0.05, 0.1) is 7.11 Å². The van der Waals surface area contributed by atoms with Crippen molar-refractivity contribution >= 4 is 32.5 Å². The van der Waals surface area contributed by atoms with Crippen molar-refractivity contribution in [3.63, 3.8) is 0 Å². The Hall–Kier alpha value is -2.89. The third-order valence-corrected chi connectivity index (χ3v) is 7.56. The smallest absolute Gasteiger partial charge is 0.320 e. The topological polar surface area (TPSA) is 49.8 Å². The summed E-state index contributed by atoms with van der Waals surface area (Å²) in [5.74, 6) is 0.0450. The lowest BCUT2D eigenvalue weighted by molar-refractivity contribution is -0.144. The van der Waals surface area contributed by atoms with Crippen molar-refractivity contribution in [1.29, 1.82) is 0 Å². The monoisotopic (exact) mass is 533 g/mol. The molecule has 1 aliphatic heterocycles. The van der Waals surface area contributed by atoms with Crippen molar-refractivity contribution < 1.29 is 14.6 Å². The van der Waals surface area contributed by atoms with Gasteiger partial charge in [0.25, 0.3) is 0 Å². The van der Waals surface area contributed by atoms with Gasteiger partial charge in [0.2, 0.25) is 0 Å². The molecule has 1 saturated heterocycles. The predicted octanol–water partition coefficient (Wildman–Crippen LogP) is 7.31. The molecule has 4 nitrogen and oxygen atoms in total. The molecule has 3 aromatic carbocycles. The van der Waals surface area contributed by atoms with E-state index >= 15 is 0 Å². The maximum atomic E-state index is 11.7. The van der Waals surface area contributed by atoms with E-state index in [-0.39, 0.29) is 0 Å². The number of aliphatic carboxylic acids is 1. The summed E-state index contributed by atoms with van der Waals surface area (Å²) in [5.41, 5.74) is 7.99. The minimum absolute atomic E-state index is 0.428. The number of nitrogens with zero attached hydrogens (tertiary/aromatic N) is 1. The van der Waals surface area contributed by atoms with Gasteiger partial charge in [0, 0.05) is 16.6 Å². The van der Waals surface area contributed by atoms with Crippen LogP contribution in [0.15, 0.2) is 60.7 Å². The average molecular weight is 534 g/mol. The number of benzene rings is 3. The standard InChI is InChI=1S/C30H32BrNO3/c1-20-16-24(19-32-15-8-7-14-28(32)30(33)34)29(35-3)18-23(20)17-27(31)26-13-9-12-25(21(26)2)22-10-5-4-6-11-22/h4-6,9-13,16-18,28H,7-8,14-15,19H2,1-3H3,(H,33,34)/b27-17-. The number of carboxylic acids is 1. The summed E-state index contributed by atoms with van der Waals surface area (Å²) in [6, 6.07) is 20.6. The molecule has 0 bridgehead atoms. The fourth-order valence-corrected chi connectivity index (χ4v) is 5.63. The Kier molecular flexibility index (Phi) is 8.09. The van der Waals surface area contributed by atoms with Gasteiger partial charge in [0.15, 0.2) is 0 Å². The van der Waals surface area contributed by atoms with Crippen molar-refractivity contribution in [2.45, 2.75) is 45.7 Å². The summed E-state index contributed by atoms with van der Waals surface area (Å²) in [5, 5.41) is 9.65. The molecule has 4 rings (SSSR count). The summed E-state index contributed by atoms with van der Waals surface area (Å²) < 4.78 is 6.75. The first kappa shape index (κ1) is 25.2. The molecule has 35 heavy (non-hydrogen) atoms. The zero-order chi connectivity index (χ0) is 24.9. The summed E-state index contributed by atoms with van der Waals surface area (Å²) in [7, 11) is 1.68. The molecule has 5 heteroatoms. The molecule has 1 aliphatic rings. The van der Waals surface area contributed by atoms with Gasteiger partial charge in [-0.2, -0.15) is 0 Å². The Morgan fingerprint density at radius 2 is 1.89 bits per heavy atom. The maximum Gasteiger partial charge on any atom is 0.320 e. The van der Waals surface area contributed by atoms with E-state index in [9.17, 15) is 9.90 Å². The first-order valence-corrected chi connectivity index (χ1v) is 12.8. The molecule has 1 unspecified atom stereocenters.